The van der Waals surface area contributed by atoms with Crippen molar-refractivity contribution in [1.82, 2.24) is 62.8 Å². The molecule has 3 aliphatic rings. The molecule has 3 saturated heterocycles. The van der Waals surface area contributed by atoms with E-state index in [1.54, 1.807) is 103 Å². The highest BCUT2D eigenvalue weighted by molar-refractivity contribution is 6.07. The molecule has 5 aromatic carbocycles. The Hall–Kier alpha value is -14.6. The molecule has 108 heavy (non-hydrogen) atoms. The van der Waals surface area contributed by atoms with Gasteiger partial charge in [-0.1, -0.05) is 90.6 Å². The van der Waals surface area contributed by atoms with Crippen LogP contribution in [0, 0.1) is 56.3 Å². The lowest BCUT2D eigenvalue weighted by atomic mass is 10.0. The molecule has 7 aromatic heterocycles. The molecule has 0 unspecified atom stereocenters. The van der Waals surface area contributed by atoms with E-state index in [2.05, 4.69) is 71.4 Å². The van der Waals surface area contributed by atoms with E-state index in [4.69, 9.17) is 32.2 Å². The summed E-state index contributed by atoms with van der Waals surface area (Å²) in [5.41, 5.74) is 30.9. The van der Waals surface area contributed by atoms with Gasteiger partial charge in [0.15, 0.2) is 0 Å². The third-order valence-corrected chi connectivity index (χ3v) is 18.1. The molecular weight excluding hydrogens is 1370 g/mol. The first-order valence-corrected chi connectivity index (χ1v) is 34.4. The van der Waals surface area contributed by atoms with Crippen LogP contribution in [0.1, 0.15) is 68.5 Å². The minimum absolute atomic E-state index is 0.182. The maximum Gasteiger partial charge on any atom is 0.299 e. The number of rotatable bonds is 12. The molecule has 0 saturated carbocycles. The van der Waals surface area contributed by atoms with Crippen molar-refractivity contribution in [1.29, 1.82) is 0 Å². The summed E-state index contributed by atoms with van der Waals surface area (Å²) in [6.07, 6.45) is 12.0. The number of nitrogens with two attached hydrogens (primary N) is 3. The van der Waals surface area contributed by atoms with Crippen molar-refractivity contribution in [3.63, 3.8) is 0 Å². The molecule has 12 aromatic rings. The van der Waals surface area contributed by atoms with Gasteiger partial charge in [-0.3, -0.25) is 42.0 Å². The number of aryl methyl sites for hydroxylation is 3. The highest BCUT2D eigenvalue weighted by Crippen LogP contribution is 2.37. The second kappa shape index (κ2) is 31.6. The van der Waals surface area contributed by atoms with E-state index in [9.17, 15) is 28.8 Å². The number of aromatic nitrogens is 10. The number of para-hydroxylation sites is 2. The second-order valence-electron chi connectivity index (χ2n) is 25.4. The van der Waals surface area contributed by atoms with E-state index in [1.807, 2.05) is 158 Å². The molecule has 3 fully saturated rings. The van der Waals surface area contributed by atoms with E-state index in [0.717, 1.165) is 44.8 Å². The molecule has 28 heteroatoms. The fourth-order valence-electron chi connectivity index (χ4n) is 12.8. The van der Waals surface area contributed by atoms with Crippen LogP contribution in [0.25, 0.3) is 50.3 Å². The molecule has 6 amide bonds. The molecule has 0 spiro atoms. The third kappa shape index (κ3) is 15.2. The largest absolute Gasteiger partial charge is 0.382 e. The van der Waals surface area contributed by atoms with Crippen molar-refractivity contribution in [3.8, 4) is 69.3 Å². The first kappa shape index (κ1) is 71.8. The number of carbonyl (C=O) groups is 6. The highest BCUT2D eigenvalue weighted by atomic mass is 16.2. The van der Waals surface area contributed by atoms with Gasteiger partial charge in [-0.2, -0.15) is 0 Å². The van der Waals surface area contributed by atoms with Gasteiger partial charge in [0.25, 0.3) is 35.4 Å². The molecule has 0 aliphatic carbocycles. The van der Waals surface area contributed by atoms with Crippen molar-refractivity contribution < 1.29 is 28.8 Å². The predicted octanol–water partition coefficient (Wildman–Crippen LogP) is 8.90. The van der Waals surface area contributed by atoms with Crippen molar-refractivity contribution in [2.45, 2.75) is 41.5 Å². The molecule has 0 radical (unpaired) electrons. The lowest BCUT2D eigenvalue weighted by Gasteiger charge is -2.17. The van der Waals surface area contributed by atoms with Gasteiger partial charge in [-0.05, 0) is 137 Å². The molecule has 28 nitrogen and oxygen atoms in total. The van der Waals surface area contributed by atoms with Gasteiger partial charge >= 0.3 is 0 Å². The van der Waals surface area contributed by atoms with Gasteiger partial charge in [0.1, 0.15) is 56.9 Å². The van der Waals surface area contributed by atoms with E-state index >= 15 is 0 Å². The smallest absolute Gasteiger partial charge is 0.299 e. The zero-order valence-electron chi connectivity index (χ0n) is 59.9. The number of carbonyl (C=O) groups excluding carboxylic acids is 6. The minimum atomic E-state index is -0.250. The van der Waals surface area contributed by atoms with Crippen molar-refractivity contribution in [2.75, 3.05) is 107 Å². The highest BCUT2D eigenvalue weighted by Gasteiger charge is 2.32. The topological polar surface area (TPSA) is 339 Å². The molecule has 0 bridgehead atoms. The summed E-state index contributed by atoms with van der Waals surface area (Å²) in [6, 6.07) is 40.5. The number of anilines is 9. The average Bonchev–Trinajstić information content (AvgIpc) is 1.64. The monoisotopic (exact) mass is 1440 g/mol. The Morgan fingerprint density at radius 3 is 1.16 bits per heavy atom. The minimum Gasteiger partial charge on any atom is -0.382 e. The summed E-state index contributed by atoms with van der Waals surface area (Å²) >= 11 is 0. The SMILES string of the molecule is CC#CC(=O)N1CCN(c2nc(-c3ccc(C(=O)Nc4ccccc4)c(C)c3)c3c(N)nccn23)C1.CC#CC(=O)N1CCN(c2nc(-c3ccc(C(=O)Nc4ccccc4)cc3)c3c(N)nccn23)C1.CC#CC(=O)N1CCN(c2nc(-c3ccc(C(=O)Nc4ncc(C)cc4C)cc3)c3c(N)nccn23)C1. The number of hydrogen-bond donors (Lipinski definition) is 6. The number of fused-ring (bicyclic) bond motifs is 3. The average molecular weight is 1440 g/mol. The fraction of sp³-hybridized carbons (Fsp3) is 0.188. The Labute approximate surface area is 621 Å². The van der Waals surface area contributed by atoms with Crippen LogP contribution in [0.5, 0.6) is 0 Å². The zero-order valence-corrected chi connectivity index (χ0v) is 59.9. The Morgan fingerprint density at radius 1 is 0.407 bits per heavy atom. The summed E-state index contributed by atoms with van der Waals surface area (Å²) < 4.78 is 5.65. The van der Waals surface area contributed by atoms with Gasteiger partial charge in [-0.15, -0.1) is 0 Å². The molecule has 3 aliphatic heterocycles. The lowest BCUT2D eigenvalue weighted by Crippen LogP contribution is -2.30. The van der Waals surface area contributed by atoms with Crippen LogP contribution in [-0.4, -0.2) is 158 Å². The normalized spacial score (nSPS) is 12.9. The van der Waals surface area contributed by atoms with Gasteiger partial charge in [-0.25, -0.2) is 34.9 Å². The first-order valence-electron chi connectivity index (χ1n) is 34.4. The predicted molar refractivity (Wildman–Crippen MR) is 416 cm³/mol. The number of nitrogens with zero attached hydrogens (tertiary/aromatic N) is 16. The lowest BCUT2D eigenvalue weighted by molar-refractivity contribution is -0.124. The maximum atomic E-state index is 12.9. The number of nitrogen functional groups attached to an aromatic ring is 3. The van der Waals surface area contributed by atoms with Crippen LogP contribution < -0.4 is 47.9 Å². The van der Waals surface area contributed by atoms with Crippen LogP contribution in [0.2, 0.25) is 0 Å². The number of pyridine rings is 1. The van der Waals surface area contributed by atoms with Gasteiger partial charge in [0, 0.05) is 127 Å². The summed E-state index contributed by atoms with van der Waals surface area (Å²) in [6.45, 7) is 15.4. The van der Waals surface area contributed by atoms with Crippen LogP contribution in [0.3, 0.4) is 0 Å². The van der Waals surface area contributed by atoms with E-state index in [-0.39, 0.29) is 35.4 Å². The van der Waals surface area contributed by atoms with E-state index < -0.39 is 0 Å². The van der Waals surface area contributed by atoms with Crippen LogP contribution in [-0.2, 0) is 14.4 Å². The van der Waals surface area contributed by atoms with Crippen molar-refractivity contribution in [2.24, 2.45) is 0 Å². The quantitative estimate of drug-likeness (QED) is 0.0621. The Balaban J connectivity index is 0.000000143. The summed E-state index contributed by atoms with van der Waals surface area (Å²) in [5, 5.41) is 8.67. The zero-order chi connectivity index (χ0) is 75.7. The Bertz CT molecular complexity index is 5690. The standard InChI is InChI=1S/C27H26N8O2.C27H25N7O2.C26H23N7O2/c1-4-5-21(36)33-12-13-34(16-33)27-31-22(23-24(28)29-10-11-35(23)27)19-6-8-20(9-7-19)26(37)32-25-18(3)14-17(2)15-30-25;1-3-7-22(35)32-14-15-33(17-32)27-31-23(24-25(28)29-12-13-34(24)27)19-10-11-21(18(2)16-19)26(36)30-20-8-5-4-6-9-20;1-2-6-21(34)31-15-16-32(17-31)26-30-22(23-24(27)28-13-14-33(23)26)18-9-11-19(12-10-18)25(35)29-20-7-4-3-5-8-20/h6-11,14-15H,12-13,16H2,1-3H3,(H2,28,29)(H,30,32,37);4-6,8-13,16H,14-15,17H2,1-2H3,(H2,28,29)(H,30,36);3-5,7-14H,15-17H2,1H3,(H2,27,28)(H,29,35). The number of hydrogen-bond acceptors (Lipinski definition) is 19. The number of nitrogens with one attached hydrogen (secondary N) is 3. The number of imidazole rings is 3. The van der Waals surface area contributed by atoms with Crippen LogP contribution in [0.15, 0.2) is 177 Å². The Morgan fingerprint density at radius 2 is 0.778 bits per heavy atom. The van der Waals surface area contributed by atoms with E-state index in [0.29, 0.717) is 151 Å². The second-order valence-corrected chi connectivity index (χ2v) is 25.4. The van der Waals surface area contributed by atoms with Crippen LogP contribution >= 0.6 is 0 Å². The molecule has 10 heterocycles. The Kier molecular flexibility index (Phi) is 21.0. The third-order valence-electron chi connectivity index (χ3n) is 18.1. The maximum absolute atomic E-state index is 12.9. The van der Waals surface area contributed by atoms with Crippen molar-refractivity contribution in [3.05, 3.63) is 210 Å². The molecule has 0 atom stereocenters. The van der Waals surface area contributed by atoms with Crippen LogP contribution in [0.4, 0.5) is 52.5 Å². The van der Waals surface area contributed by atoms with Crippen molar-refractivity contribution >= 4 is 104 Å². The molecular formula is C80H74N22O6. The first-order chi connectivity index (χ1) is 52.4. The van der Waals surface area contributed by atoms with Gasteiger partial charge in [0.05, 0.1) is 20.0 Å². The number of benzene rings is 5. The molecule has 9 N–H and O–H groups in total. The van der Waals surface area contributed by atoms with E-state index in [1.165, 1.54) is 0 Å². The summed E-state index contributed by atoms with van der Waals surface area (Å²) in [4.78, 5) is 118. The molecule has 15 rings (SSSR count). The number of amides is 6. The van der Waals surface area contributed by atoms with Gasteiger partial charge in [0.2, 0.25) is 17.8 Å². The van der Waals surface area contributed by atoms with Gasteiger partial charge < -0.3 is 62.6 Å². The molecule has 540 valence electrons. The summed E-state index contributed by atoms with van der Waals surface area (Å²) in [5.74, 6) is 18.0. The fourth-order valence-corrected chi connectivity index (χ4v) is 12.8. The summed E-state index contributed by atoms with van der Waals surface area (Å²) in [7, 11) is 0.